The molecule has 5 nitrogen and oxygen atoms in total. The summed E-state index contributed by atoms with van der Waals surface area (Å²) in [7, 11) is 0. The standard InChI is InChI=1S/C20H15ClN4OS2/c21-13-6-2-1-5-11(13)15-9-27-20(24-15)25-18(26)17-16(22)12-8-10-4-3-7-14(10)23-19(12)28-17/h1-2,5-6,8-9H,3-4,7,22H2,(H,24,25,26). The van der Waals surface area contributed by atoms with Gasteiger partial charge < -0.3 is 5.73 Å². The molecule has 0 atom stereocenters. The Morgan fingerprint density at radius 2 is 2.07 bits per heavy atom. The van der Waals surface area contributed by atoms with E-state index < -0.39 is 0 Å². The normalized spacial score (nSPS) is 13.0. The van der Waals surface area contributed by atoms with Gasteiger partial charge in [-0.05, 0) is 37.0 Å². The summed E-state index contributed by atoms with van der Waals surface area (Å²) in [5.41, 5.74) is 10.7. The van der Waals surface area contributed by atoms with Gasteiger partial charge in [0, 0.05) is 27.0 Å². The van der Waals surface area contributed by atoms with E-state index in [1.807, 2.05) is 29.6 Å². The van der Waals surface area contributed by atoms with Gasteiger partial charge in [0.05, 0.1) is 11.4 Å². The highest BCUT2D eigenvalue weighted by Gasteiger charge is 2.22. The Hall–Kier alpha value is -2.48. The molecule has 0 fully saturated rings. The van der Waals surface area contributed by atoms with Crippen molar-refractivity contribution in [1.29, 1.82) is 0 Å². The fraction of sp³-hybridized carbons (Fsp3) is 0.150. The molecule has 0 saturated carbocycles. The molecule has 0 spiro atoms. The van der Waals surface area contributed by atoms with Crippen LogP contribution in [0.25, 0.3) is 21.5 Å². The Morgan fingerprint density at radius 1 is 1.21 bits per heavy atom. The maximum Gasteiger partial charge on any atom is 0.269 e. The summed E-state index contributed by atoms with van der Waals surface area (Å²) >= 11 is 8.92. The maximum absolute atomic E-state index is 12.8. The van der Waals surface area contributed by atoms with Crippen molar-refractivity contribution in [2.24, 2.45) is 0 Å². The molecule has 1 amide bonds. The fourth-order valence-corrected chi connectivity index (χ4v) is 5.37. The van der Waals surface area contributed by atoms with Gasteiger partial charge in [0.1, 0.15) is 9.71 Å². The number of halogens is 1. The van der Waals surface area contributed by atoms with Crippen LogP contribution in [0.2, 0.25) is 5.02 Å². The third kappa shape index (κ3) is 2.96. The number of fused-ring (bicyclic) bond motifs is 2. The summed E-state index contributed by atoms with van der Waals surface area (Å²) in [5.74, 6) is -0.263. The van der Waals surface area contributed by atoms with E-state index in [9.17, 15) is 4.79 Å². The molecular formula is C20H15ClN4OS2. The van der Waals surface area contributed by atoms with E-state index in [1.54, 1.807) is 0 Å². The van der Waals surface area contributed by atoms with Crippen LogP contribution in [-0.2, 0) is 12.8 Å². The highest BCUT2D eigenvalue weighted by atomic mass is 35.5. The van der Waals surface area contributed by atoms with Crippen molar-refractivity contribution in [1.82, 2.24) is 9.97 Å². The highest BCUT2D eigenvalue weighted by Crippen LogP contribution is 2.36. The lowest BCUT2D eigenvalue weighted by Crippen LogP contribution is -2.11. The number of thiazole rings is 1. The van der Waals surface area contributed by atoms with Gasteiger partial charge in [0.2, 0.25) is 0 Å². The first kappa shape index (κ1) is 17.6. The van der Waals surface area contributed by atoms with Crippen LogP contribution in [0.15, 0.2) is 35.7 Å². The molecule has 8 heteroatoms. The zero-order chi connectivity index (χ0) is 19.3. The largest absolute Gasteiger partial charge is 0.397 e. The Labute approximate surface area is 174 Å². The smallest absolute Gasteiger partial charge is 0.269 e. The zero-order valence-electron chi connectivity index (χ0n) is 14.7. The average molecular weight is 427 g/mol. The first-order valence-corrected chi connectivity index (χ1v) is 10.9. The number of nitrogens with one attached hydrogen (secondary N) is 1. The number of amides is 1. The van der Waals surface area contributed by atoms with Crippen molar-refractivity contribution < 1.29 is 4.79 Å². The fourth-order valence-electron chi connectivity index (χ4n) is 3.44. The molecule has 1 aliphatic rings. The molecule has 1 aliphatic carbocycles. The summed E-state index contributed by atoms with van der Waals surface area (Å²) in [6, 6.07) is 9.58. The van der Waals surface area contributed by atoms with Gasteiger partial charge in [0.15, 0.2) is 5.13 Å². The number of carbonyl (C=O) groups excluding carboxylic acids is 1. The SMILES string of the molecule is Nc1c(C(=O)Nc2nc(-c3ccccc3Cl)cs2)sc2nc3c(cc12)CCC3. The lowest BCUT2D eigenvalue weighted by atomic mass is 10.1. The summed E-state index contributed by atoms with van der Waals surface area (Å²) in [6.45, 7) is 0. The molecule has 0 saturated heterocycles. The van der Waals surface area contributed by atoms with Gasteiger partial charge in [0.25, 0.3) is 5.91 Å². The molecule has 1 aromatic carbocycles. The summed E-state index contributed by atoms with van der Waals surface area (Å²) in [6.07, 6.45) is 3.15. The molecule has 0 aliphatic heterocycles. The Morgan fingerprint density at radius 3 is 2.93 bits per heavy atom. The molecule has 3 aromatic heterocycles. The molecule has 3 N–H and O–H groups in total. The van der Waals surface area contributed by atoms with Crippen LogP contribution in [-0.4, -0.2) is 15.9 Å². The highest BCUT2D eigenvalue weighted by molar-refractivity contribution is 7.21. The van der Waals surface area contributed by atoms with Crippen LogP contribution in [0, 0.1) is 0 Å². The third-order valence-corrected chi connectivity index (χ3v) is 7.03. The zero-order valence-corrected chi connectivity index (χ0v) is 17.0. The number of nitrogens with zero attached hydrogens (tertiary/aromatic N) is 2. The second-order valence-corrected chi connectivity index (χ2v) is 8.88. The minimum Gasteiger partial charge on any atom is -0.397 e. The van der Waals surface area contributed by atoms with Crippen LogP contribution in [0.4, 0.5) is 10.8 Å². The predicted molar refractivity (Wildman–Crippen MR) is 117 cm³/mol. The van der Waals surface area contributed by atoms with Crippen molar-refractivity contribution in [2.45, 2.75) is 19.3 Å². The van der Waals surface area contributed by atoms with E-state index in [0.29, 0.717) is 20.7 Å². The summed E-state index contributed by atoms with van der Waals surface area (Å²) in [4.78, 5) is 23.3. The number of hydrogen-bond acceptors (Lipinski definition) is 6. The molecular weight excluding hydrogens is 412 g/mol. The first-order valence-electron chi connectivity index (χ1n) is 8.82. The lowest BCUT2D eigenvalue weighted by molar-refractivity contribution is 0.103. The Bertz CT molecular complexity index is 1230. The number of aryl methyl sites for hydroxylation is 2. The Balaban J connectivity index is 1.43. The van der Waals surface area contributed by atoms with E-state index in [1.165, 1.54) is 28.2 Å². The van der Waals surface area contributed by atoms with Gasteiger partial charge in [-0.1, -0.05) is 29.8 Å². The molecule has 140 valence electrons. The molecule has 5 rings (SSSR count). The number of thiophene rings is 1. The van der Waals surface area contributed by atoms with Crippen LogP contribution >= 0.6 is 34.3 Å². The number of nitrogens with two attached hydrogens (primary N) is 1. The van der Waals surface area contributed by atoms with Crippen molar-refractivity contribution in [3.63, 3.8) is 0 Å². The minimum absolute atomic E-state index is 0.263. The molecule has 28 heavy (non-hydrogen) atoms. The monoisotopic (exact) mass is 426 g/mol. The minimum atomic E-state index is -0.263. The molecule has 0 bridgehead atoms. The number of rotatable bonds is 3. The van der Waals surface area contributed by atoms with E-state index in [2.05, 4.69) is 16.4 Å². The Kier molecular flexibility index (Phi) is 4.30. The van der Waals surface area contributed by atoms with Crippen LogP contribution in [0.5, 0.6) is 0 Å². The second-order valence-electron chi connectivity index (χ2n) is 6.62. The number of nitrogen functional groups attached to an aromatic ring is 1. The van der Waals surface area contributed by atoms with Crippen LogP contribution in [0.3, 0.4) is 0 Å². The van der Waals surface area contributed by atoms with Crippen molar-refractivity contribution in [2.75, 3.05) is 11.1 Å². The number of hydrogen-bond donors (Lipinski definition) is 2. The van der Waals surface area contributed by atoms with Gasteiger partial charge in [-0.25, -0.2) is 9.97 Å². The number of benzene rings is 1. The lowest BCUT2D eigenvalue weighted by Gasteiger charge is -2.01. The van der Waals surface area contributed by atoms with E-state index in [4.69, 9.17) is 22.3 Å². The second kappa shape index (κ2) is 6.84. The summed E-state index contributed by atoms with van der Waals surface area (Å²) in [5, 5.41) is 6.72. The van der Waals surface area contributed by atoms with Crippen molar-refractivity contribution in [3.8, 4) is 11.3 Å². The average Bonchev–Trinajstić information content (AvgIpc) is 3.40. The van der Waals surface area contributed by atoms with E-state index in [-0.39, 0.29) is 5.91 Å². The quantitative estimate of drug-likeness (QED) is 0.459. The maximum atomic E-state index is 12.8. The molecule has 0 radical (unpaired) electrons. The van der Waals surface area contributed by atoms with E-state index >= 15 is 0 Å². The van der Waals surface area contributed by atoms with Gasteiger partial charge in [-0.3, -0.25) is 10.1 Å². The predicted octanol–water partition coefficient (Wildman–Crippen LogP) is 5.40. The summed E-state index contributed by atoms with van der Waals surface area (Å²) < 4.78 is 0. The van der Waals surface area contributed by atoms with Crippen molar-refractivity contribution >= 4 is 61.2 Å². The van der Waals surface area contributed by atoms with Gasteiger partial charge in [-0.2, -0.15) is 0 Å². The number of pyridine rings is 1. The van der Waals surface area contributed by atoms with Gasteiger partial charge >= 0.3 is 0 Å². The van der Waals surface area contributed by atoms with Gasteiger partial charge in [-0.15, -0.1) is 22.7 Å². The number of anilines is 2. The van der Waals surface area contributed by atoms with Crippen LogP contribution < -0.4 is 11.1 Å². The number of carbonyl (C=O) groups is 1. The van der Waals surface area contributed by atoms with E-state index in [0.717, 1.165) is 46.4 Å². The molecule has 4 aromatic rings. The molecule has 3 heterocycles. The topological polar surface area (TPSA) is 80.9 Å². The first-order chi connectivity index (χ1) is 13.6. The molecule has 0 unspecified atom stereocenters. The van der Waals surface area contributed by atoms with Crippen molar-refractivity contribution in [3.05, 3.63) is 56.9 Å². The number of aromatic nitrogens is 2. The third-order valence-electron chi connectivity index (χ3n) is 4.83. The van der Waals surface area contributed by atoms with Crippen LogP contribution in [0.1, 0.15) is 27.3 Å².